The molecule has 2 saturated heterocycles. The number of nitrogens with zero attached hydrogens (tertiary/aromatic N) is 6. The second-order valence-corrected chi connectivity index (χ2v) is 14.5. The number of unbranched alkanes of at least 4 members (excludes halogenated alkanes) is 1. The van der Waals surface area contributed by atoms with Gasteiger partial charge < -0.3 is 35.7 Å². The summed E-state index contributed by atoms with van der Waals surface area (Å²) in [6.45, 7) is 8.39. The first kappa shape index (κ1) is 39.8. The monoisotopic (exact) mass is 736 g/mol. The van der Waals surface area contributed by atoms with Crippen LogP contribution in [0.3, 0.4) is 0 Å². The zero-order valence-corrected chi connectivity index (χ0v) is 31.2. The highest BCUT2D eigenvalue weighted by atomic mass is 19.3. The van der Waals surface area contributed by atoms with Gasteiger partial charge in [-0.1, -0.05) is 6.07 Å². The first-order valence-corrected chi connectivity index (χ1v) is 18.7. The number of halogens is 2. The summed E-state index contributed by atoms with van der Waals surface area (Å²) in [6, 6.07) is 11.9. The van der Waals surface area contributed by atoms with Crippen LogP contribution >= 0.6 is 0 Å². The summed E-state index contributed by atoms with van der Waals surface area (Å²) in [4.78, 5) is 46.8. The number of carboxylic acid groups (broad SMARTS) is 1. The van der Waals surface area contributed by atoms with Gasteiger partial charge in [0, 0.05) is 87.1 Å². The van der Waals surface area contributed by atoms with E-state index in [4.69, 9.17) is 5.10 Å². The van der Waals surface area contributed by atoms with E-state index >= 15 is 0 Å². The van der Waals surface area contributed by atoms with Gasteiger partial charge in [-0.15, -0.1) is 0 Å². The zero-order chi connectivity index (χ0) is 38.1. The molecule has 2 fully saturated rings. The Hall–Kier alpha value is -4.43. The maximum atomic E-state index is 13.8. The quantitative estimate of drug-likeness (QED) is 0.159. The highest BCUT2D eigenvalue weighted by molar-refractivity contribution is 5.77. The summed E-state index contributed by atoms with van der Waals surface area (Å²) in [7, 11) is 1.50. The molecular formula is C39H54F2N8O4. The number of aromatic nitrogens is 3. The van der Waals surface area contributed by atoms with E-state index in [1.807, 2.05) is 35.6 Å². The van der Waals surface area contributed by atoms with Gasteiger partial charge in [-0.05, 0) is 94.9 Å². The number of likely N-dealkylation sites (tertiary alicyclic amines) is 1. The van der Waals surface area contributed by atoms with Gasteiger partial charge in [-0.3, -0.25) is 9.59 Å². The lowest BCUT2D eigenvalue weighted by molar-refractivity contribution is -0.137. The predicted octanol–water partition coefficient (Wildman–Crippen LogP) is 4.59. The molecule has 2 unspecified atom stereocenters. The standard InChI is InChI=1S/C38H49F2N7O4.CH5N/c1-26-17-27(2)47(43-26)34-19-30(18-33(21-34)45-12-14-46(15-13-45)35(49)5-3-4-16-48)31(20-36(50)51)24-44-11-10-28(23-44)6-8-32-9-7-29-22-38(39,40)25-41-37(29)42-32;1-2/h7,9,16-19,21,28,31H,3-6,8,10-15,20,22-25H2,1-2H3,(H,41,42)(H,50,51);2H2,1H3. The third-order valence-electron chi connectivity index (χ3n) is 10.4. The van der Waals surface area contributed by atoms with Crippen LogP contribution in [0.15, 0.2) is 36.4 Å². The van der Waals surface area contributed by atoms with Crippen LogP contribution in [0.25, 0.3) is 5.69 Å². The van der Waals surface area contributed by atoms with Gasteiger partial charge in [0.2, 0.25) is 5.91 Å². The molecule has 5 heterocycles. The molecule has 2 aromatic heterocycles. The van der Waals surface area contributed by atoms with Crippen molar-refractivity contribution in [1.82, 2.24) is 24.6 Å². The van der Waals surface area contributed by atoms with Crippen LogP contribution in [0.4, 0.5) is 20.3 Å². The summed E-state index contributed by atoms with van der Waals surface area (Å²) in [5, 5.41) is 17.6. The van der Waals surface area contributed by atoms with Crippen LogP contribution in [0.1, 0.15) is 72.7 Å². The number of carboxylic acids is 1. The van der Waals surface area contributed by atoms with E-state index in [-0.39, 0.29) is 31.2 Å². The molecule has 0 aliphatic carbocycles. The van der Waals surface area contributed by atoms with Crippen molar-refractivity contribution in [3.8, 4) is 5.69 Å². The lowest BCUT2D eigenvalue weighted by atomic mass is 9.93. The zero-order valence-electron chi connectivity index (χ0n) is 31.2. The lowest BCUT2D eigenvalue weighted by Gasteiger charge is -2.37. The van der Waals surface area contributed by atoms with Crippen molar-refractivity contribution in [2.45, 2.75) is 77.1 Å². The van der Waals surface area contributed by atoms with Crippen molar-refractivity contribution in [2.75, 3.05) is 69.6 Å². The number of benzene rings is 1. The fraction of sp³-hybridized carbons (Fsp3) is 0.564. The minimum Gasteiger partial charge on any atom is -0.481 e. The number of aldehydes is 1. The number of nitrogens with one attached hydrogen (secondary N) is 1. The minimum atomic E-state index is -2.75. The van der Waals surface area contributed by atoms with Crippen molar-refractivity contribution in [2.24, 2.45) is 11.7 Å². The number of nitrogens with two attached hydrogens (primary N) is 1. The van der Waals surface area contributed by atoms with Crippen molar-refractivity contribution in [3.05, 3.63) is 64.6 Å². The Morgan fingerprint density at radius 1 is 1.08 bits per heavy atom. The number of carbonyl (C=O) groups excluding carboxylic acids is 2. The first-order chi connectivity index (χ1) is 25.5. The summed E-state index contributed by atoms with van der Waals surface area (Å²) >= 11 is 0. The van der Waals surface area contributed by atoms with E-state index in [1.54, 1.807) is 6.07 Å². The molecule has 14 heteroatoms. The Morgan fingerprint density at radius 3 is 2.53 bits per heavy atom. The Balaban J connectivity index is 0.00000266. The average molecular weight is 737 g/mol. The molecule has 1 amide bonds. The van der Waals surface area contributed by atoms with Crippen LogP contribution in [-0.2, 0) is 27.2 Å². The number of amides is 1. The molecule has 3 aliphatic rings. The topological polar surface area (TPSA) is 150 Å². The summed E-state index contributed by atoms with van der Waals surface area (Å²) < 4.78 is 29.5. The highest BCUT2D eigenvalue weighted by Gasteiger charge is 2.35. The third kappa shape index (κ3) is 10.6. The molecule has 53 heavy (non-hydrogen) atoms. The molecule has 4 N–H and O–H groups in total. The molecule has 0 radical (unpaired) electrons. The Morgan fingerprint density at radius 2 is 1.83 bits per heavy atom. The average Bonchev–Trinajstić information content (AvgIpc) is 3.74. The predicted molar refractivity (Wildman–Crippen MR) is 201 cm³/mol. The second kappa shape index (κ2) is 18.1. The van der Waals surface area contributed by atoms with E-state index in [9.17, 15) is 28.3 Å². The molecule has 0 saturated carbocycles. The molecule has 0 bridgehead atoms. The number of anilines is 2. The molecule has 1 aromatic carbocycles. The number of hydrogen-bond acceptors (Lipinski definition) is 9. The van der Waals surface area contributed by atoms with Gasteiger partial charge in [-0.2, -0.15) is 5.10 Å². The van der Waals surface area contributed by atoms with Gasteiger partial charge in [0.1, 0.15) is 12.1 Å². The number of fused-ring (bicyclic) bond motifs is 1. The molecule has 3 aliphatic heterocycles. The maximum absolute atomic E-state index is 13.8. The van der Waals surface area contributed by atoms with Crippen molar-refractivity contribution in [1.29, 1.82) is 0 Å². The van der Waals surface area contributed by atoms with E-state index in [0.717, 1.165) is 72.7 Å². The first-order valence-electron chi connectivity index (χ1n) is 18.7. The third-order valence-corrected chi connectivity index (χ3v) is 10.4. The number of rotatable bonds is 14. The van der Waals surface area contributed by atoms with Gasteiger partial charge in [0.25, 0.3) is 5.92 Å². The van der Waals surface area contributed by atoms with Crippen molar-refractivity contribution in [3.63, 3.8) is 0 Å². The van der Waals surface area contributed by atoms with Crippen LogP contribution in [-0.4, -0.2) is 113 Å². The van der Waals surface area contributed by atoms with E-state index in [1.165, 1.54) is 7.05 Å². The molecule has 6 rings (SSSR count). The number of hydrogen-bond donors (Lipinski definition) is 3. The minimum absolute atomic E-state index is 0.00463. The fourth-order valence-corrected chi connectivity index (χ4v) is 7.75. The van der Waals surface area contributed by atoms with Gasteiger partial charge in [0.15, 0.2) is 0 Å². The number of piperazine rings is 1. The largest absolute Gasteiger partial charge is 0.481 e. The molecular weight excluding hydrogens is 682 g/mol. The van der Waals surface area contributed by atoms with E-state index in [2.05, 4.69) is 44.0 Å². The smallest absolute Gasteiger partial charge is 0.304 e. The lowest BCUT2D eigenvalue weighted by Crippen LogP contribution is -2.48. The number of alkyl halides is 2. The molecule has 2 atom stereocenters. The van der Waals surface area contributed by atoms with Crippen LogP contribution in [0.2, 0.25) is 0 Å². The number of pyridine rings is 1. The van der Waals surface area contributed by atoms with Crippen molar-refractivity contribution >= 4 is 29.7 Å². The Kier molecular flexibility index (Phi) is 13.6. The molecule has 288 valence electrons. The van der Waals surface area contributed by atoms with Crippen molar-refractivity contribution < 1.29 is 28.3 Å². The van der Waals surface area contributed by atoms with Crippen LogP contribution in [0.5, 0.6) is 0 Å². The Labute approximate surface area is 310 Å². The molecule has 0 spiro atoms. The summed E-state index contributed by atoms with van der Waals surface area (Å²) in [6.07, 6.45) is 4.57. The second-order valence-electron chi connectivity index (χ2n) is 14.5. The fourth-order valence-electron chi connectivity index (χ4n) is 7.75. The Bertz CT molecular complexity index is 1730. The number of aliphatic carboxylic acids is 1. The van der Waals surface area contributed by atoms with Gasteiger partial charge in [0.05, 0.1) is 24.3 Å². The normalized spacial score (nSPS) is 18.8. The van der Waals surface area contributed by atoms with E-state index < -0.39 is 11.9 Å². The SMILES string of the molecule is CN.Cc1cc(C)n(-c2cc(C(CC(=O)O)CN3CCC(CCc4ccc5c(n4)NCC(F)(F)C5)C3)cc(N3CCN(C(=O)CCCC=O)CC3)c2)n1. The van der Waals surface area contributed by atoms with Gasteiger partial charge in [-0.25, -0.2) is 18.4 Å². The maximum Gasteiger partial charge on any atom is 0.304 e. The van der Waals surface area contributed by atoms with Crippen LogP contribution < -0.4 is 16.0 Å². The van der Waals surface area contributed by atoms with E-state index in [0.29, 0.717) is 69.3 Å². The van der Waals surface area contributed by atoms with Gasteiger partial charge >= 0.3 is 5.97 Å². The highest BCUT2D eigenvalue weighted by Crippen LogP contribution is 2.33. The number of carbonyl (C=O) groups is 3. The summed E-state index contributed by atoms with van der Waals surface area (Å²) in [5.74, 6) is -2.78. The molecule has 12 nitrogen and oxygen atoms in total. The van der Waals surface area contributed by atoms with Crippen LogP contribution in [0, 0.1) is 19.8 Å². The summed E-state index contributed by atoms with van der Waals surface area (Å²) in [5.41, 5.74) is 10.6. The molecule has 3 aromatic rings. The number of aryl methyl sites for hydroxylation is 3.